The zero-order valence-corrected chi connectivity index (χ0v) is 10.1. The number of hydrogen-bond acceptors (Lipinski definition) is 2. The Kier molecular flexibility index (Phi) is 1.91. The number of pyridine rings is 1. The molecule has 86 valence electrons. The molecule has 4 aromatic rings. The van der Waals surface area contributed by atoms with Crippen molar-refractivity contribution in [2.45, 2.75) is 0 Å². The van der Waals surface area contributed by atoms with Crippen LogP contribution < -0.4 is 0 Å². The summed E-state index contributed by atoms with van der Waals surface area (Å²) in [6.45, 7) is 0. The fraction of sp³-hybridized carbons (Fsp3) is 0. The fourth-order valence-corrected chi connectivity index (χ4v) is 2.68. The van der Waals surface area contributed by atoms with Crippen molar-refractivity contribution >= 4 is 44.3 Å². The van der Waals surface area contributed by atoms with Gasteiger partial charge in [0.05, 0.1) is 5.02 Å². The smallest absolute Gasteiger partial charge is 0.143 e. The third kappa shape index (κ3) is 1.21. The summed E-state index contributed by atoms with van der Waals surface area (Å²) in [6, 6.07) is 11.8. The summed E-state index contributed by atoms with van der Waals surface area (Å²) < 4.78 is 5.93. The standard InChI is InChI=1S/C15H8ClNO/c16-12-2-1-3-13-14(12)11-5-4-9-8-17-7-6-10(9)15(11)18-13/h1-8H. The molecule has 0 saturated heterocycles. The first-order valence-electron chi connectivity index (χ1n) is 5.68. The average molecular weight is 254 g/mol. The van der Waals surface area contributed by atoms with Gasteiger partial charge in [0.15, 0.2) is 0 Å². The van der Waals surface area contributed by atoms with Crippen LogP contribution in [0.5, 0.6) is 0 Å². The van der Waals surface area contributed by atoms with Gasteiger partial charge in [0.25, 0.3) is 0 Å². The molecular formula is C15H8ClNO. The molecule has 4 rings (SSSR count). The van der Waals surface area contributed by atoms with Crippen molar-refractivity contribution in [3.8, 4) is 0 Å². The van der Waals surface area contributed by atoms with Crippen molar-refractivity contribution in [3.63, 3.8) is 0 Å². The molecule has 3 heteroatoms. The predicted octanol–water partition coefficient (Wildman–Crippen LogP) is 4.79. The molecule has 0 aliphatic rings. The highest BCUT2D eigenvalue weighted by molar-refractivity contribution is 6.38. The molecule has 0 radical (unpaired) electrons. The van der Waals surface area contributed by atoms with E-state index < -0.39 is 0 Å². The second kappa shape index (κ2) is 3.47. The first-order chi connectivity index (χ1) is 8.84. The van der Waals surface area contributed by atoms with Crippen molar-refractivity contribution in [1.29, 1.82) is 0 Å². The summed E-state index contributed by atoms with van der Waals surface area (Å²) in [6.07, 6.45) is 3.61. The summed E-state index contributed by atoms with van der Waals surface area (Å²) in [5.41, 5.74) is 1.69. The van der Waals surface area contributed by atoms with Gasteiger partial charge < -0.3 is 4.42 Å². The zero-order valence-electron chi connectivity index (χ0n) is 9.35. The molecule has 0 saturated carbocycles. The highest BCUT2D eigenvalue weighted by atomic mass is 35.5. The molecule has 18 heavy (non-hydrogen) atoms. The molecule has 0 unspecified atom stereocenters. The van der Waals surface area contributed by atoms with E-state index in [2.05, 4.69) is 4.98 Å². The summed E-state index contributed by atoms with van der Waals surface area (Å²) in [4.78, 5) is 4.12. The number of aromatic nitrogens is 1. The van der Waals surface area contributed by atoms with Gasteiger partial charge in [-0.25, -0.2) is 0 Å². The summed E-state index contributed by atoms with van der Waals surface area (Å²) in [7, 11) is 0. The Morgan fingerprint density at radius 2 is 1.94 bits per heavy atom. The second-order valence-electron chi connectivity index (χ2n) is 4.25. The van der Waals surface area contributed by atoms with Gasteiger partial charge in [0.1, 0.15) is 11.2 Å². The molecule has 0 bridgehead atoms. The fourth-order valence-electron chi connectivity index (χ4n) is 2.41. The van der Waals surface area contributed by atoms with Crippen molar-refractivity contribution in [1.82, 2.24) is 4.98 Å². The summed E-state index contributed by atoms with van der Waals surface area (Å²) in [5, 5.41) is 4.89. The Morgan fingerprint density at radius 3 is 2.89 bits per heavy atom. The lowest BCUT2D eigenvalue weighted by atomic mass is 10.1. The number of halogens is 1. The lowest BCUT2D eigenvalue weighted by Crippen LogP contribution is -1.75. The Labute approximate surface area is 108 Å². The van der Waals surface area contributed by atoms with E-state index in [1.807, 2.05) is 42.6 Å². The monoisotopic (exact) mass is 253 g/mol. The van der Waals surface area contributed by atoms with E-state index in [0.717, 1.165) is 37.7 Å². The molecule has 0 aliphatic heterocycles. The Balaban J connectivity index is 2.34. The quantitative estimate of drug-likeness (QED) is 0.450. The number of furan rings is 1. The van der Waals surface area contributed by atoms with Crippen molar-refractivity contribution in [2.75, 3.05) is 0 Å². The van der Waals surface area contributed by atoms with E-state index in [4.69, 9.17) is 16.0 Å². The minimum Gasteiger partial charge on any atom is -0.455 e. The molecule has 0 atom stereocenters. The Bertz CT molecular complexity index is 895. The highest BCUT2D eigenvalue weighted by Gasteiger charge is 2.11. The average Bonchev–Trinajstić information content (AvgIpc) is 2.79. The first kappa shape index (κ1) is 9.92. The highest BCUT2D eigenvalue weighted by Crippen LogP contribution is 2.36. The van der Waals surface area contributed by atoms with Gasteiger partial charge in [-0.2, -0.15) is 0 Å². The molecular weight excluding hydrogens is 246 g/mol. The van der Waals surface area contributed by atoms with Crippen LogP contribution in [0.4, 0.5) is 0 Å². The first-order valence-corrected chi connectivity index (χ1v) is 6.06. The molecule has 0 spiro atoms. The lowest BCUT2D eigenvalue weighted by Gasteiger charge is -1.97. The van der Waals surface area contributed by atoms with Crippen LogP contribution in [0.25, 0.3) is 32.7 Å². The molecule has 2 nitrogen and oxygen atoms in total. The maximum Gasteiger partial charge on any atom is 0.143 e. The van der Waals surface area contributed by atoms with Crippen LogP contribution >= 0.6 is 11.6 Å². The maximum absolute atomic E-state index is 6.26. The Morgan fingerprint density at radius 1 is 1.00 bits per heavy atom. The summed E-state index contributed by atoms with van der Waals surface area (Å²) >= 11 is 6.26. The van der Waals surface area contributed by atoms with Crippen LogP contribution in [-0.4, -0.2) is 4.98 Å². The summed E-state index contributed by atoms with van der Waals surface area (Å²) in [5.74, 6) is 0. The number of rotatable bonds is 0. The van der Waals surface area contributed by atoms with Crippen molar-refractivity contribution in [2.24, 2.45) is 0 Å². The zero-order chi connectivity index (χ0) is 12.1. The maximum atomic E-state index is 6.26. The molecule has 0 N–H and O–H groups in total. The van der Waals surface area contributed by atoms with Crippen LogP contribution in [0.1, 0.15) is 0 Å². The number of hydrogen-bond donors (Lipinski definition) is 0. The van der Waals surface area contributed by atoms with Gasteiger partial charge in [-0.3, -0.25) is 4.98 Å². The van der Waals surface area contributed by atoms with E-state index >= 15 is 0 Å². The minimum absolute atomic E-state index is 0.722. The molecule has 0 fully saturated rings. The van der Waals surface area contributed by atoms with E-state index in [0.29, 0.717) is 0 Å². The third-order valence-electron chi connectivity index (χ3n) is 3.23. The molecule has 0 amide bonds. The van der Waals surface area contributed by atoms with Crippen molar-refractivity contribution in [3.05, 3.63) is 53.8 Å². The minimum atomic E-state index is 0.722. The lowest BCUT2D eigenvalue weighted by molar-refractivity contribution is 0.672. The van der Waals surface area contributed by atoms with Crippen LogP contribution in [0.2, 0.25) is 5.02 Å². The molecule has 2 aromatic carbocycles. The van der Waals surface area contributed by atoms with E-state index in [1.165, 1.54) is 0 Å². The topological polar surface area (TPSA) is 26.0 Å². The van der Waals surface area contributed by atoms with Gasteiger partial charge in [0.2, 0.25) is 0 Å². The van der Waals surface area contributed by atoms with Gasteiger partial charge in [-0.15, -0.1) is 0 Å². The number of nitrogens with zero attached hydrogens (tertiary/aromatic N) is 1. The molecule has 2 aromatic heterocycles. The normalized spacial score (nSPS) is 11.6. The van der Waals surface area contributed by atoms with Crippen LogP contribution in [0, 0.1) is 0 Å². The van der Waals surface area contributed by atoms with Crippen LogP contribution in [0.3, 0.4) is 0 Å². The second-order valence-corrected chi connectivity index (χ2v) is 4.66. The third-order valence-corrected chi connectivity index (χ3v) is 3.54. The van der Waals surface area contributed by atoms with Gasteiger partial charge in [0, 0.05) is 33.9 Å². The number of fused-ring (bicyclic) bond motifs is 5. The molecule has 2 heterocycles. The SMILES string of the molecule is Clc1cccc2oc3c4ccncc4ccc3c12. The molecule has 0 aliphatic carbocycles. The van der Waals surface area contributed by atoms with E-state index in [9.17, 15) is 0 Å². The largest absolute Gasteiger partial charge is 0.455 e. The van der Waals surface area contributed by atoms with Gasteiger partial charge in [-0.1, -0.05) is 23.7 Å². The predicted molar refractivity (Wildman–Crippen MR) is 74.0 cm³/mol. The van der Waals surface area contributed by atoms with Gasteiger partial charge in [-0.05, 0) is 24.3 Å². The van der Waals surface area contributed by atoms with Crippen LogP contribution in [-0.2, 0) is 0 Å². The number of benzene rings is 2. The van der Waals surface area contributed by atoms with E-state index in [1.54, 1.807) is 6.20 Å². The Hall–Kier alpha value is -2.06. The van der Waals surface area contributed by atoms with Crippen molar-refractivity contribution < 1.29 is 4.42 Å². The van der Waals surface area contributed by atoms with Crippen LogP contribution in [0.15, 0.2) is 53.2 Å². The van der Waals surface area contributed by atoms with E-state index in [-0.39, 0.29) is 0 Å². The van der Waals surface area contributed by atoms with Gasteiger partial charge >= 0.3 is 0 Å².